The van der Waals surface area contributed by atoms with E-state index in [0.717, 1.165) is 28.1 Å². The number of benzene rings is 10. The number of rotatable bonds is 4. The molecule has 0 aliphatic heterocycles. The summed E-state index contributed by atoms with van der Waals surface area (Å²) in [5.74, 6) is 0.708. The van der Waals surface area contributed by atoms with Gasteiger partial charge >= 0.3 is 0 Å². The summed E-state index contributed by atoms with van der Waals surface area (Å²) < 4.78 is 0. The van der Waals surface area contributed by atoms with Gasteiger partial charge in [-0.2, -0.15) is 0 Å². The van der Waals surface area contributed by atoms with Crippen molar-refractivity contribution in [2.24, 2.45) is 0 Å². The fourth-order valence-corrected chi connectivity index (χ4v) is 10.7. The van der Waals surface area contributed by atoms with E-state index in [0.29, 0.717) is 5.82 Å². The summed E-state index contributed by atoms with van der Waals surface area (Å²) in [5, 5.41) is 7.54. The number of nitrogens with zero attached hydrogens (tertiary/aromatic N) is 2. The van der Waals surface area contributed by atoms with Crippen molar-refractivity contribution in [1.82, 2.24) is 9.97 Å². The van der Waals surface area contributed by atoms with Gasteiger partial charge in [0.25, 0.3) is 0 Å². The Hall–Kier alpha value is -7.94. The maximum absolute atomic E-state index is 5.29. The van der Waals surface area contributed by atoms with Gasteiger partial charge in [0.1, 0.15) is 0 Å². The third kappa shape index (κ3) is 4.91. The lowest BCUT2D eigenvalue weighted by Crippen LogP contribution is -2.25. The molecule has 0 saturated carbocycles. The summed E-state index contributed by atoms with van der Waals surface area (Å²) in [6.45, 7) is 0. The van der Waals surface area contributed by atoms with Crippen LogP contribution in [0, 0.1) is 0 Å². The molecule has 10 aromatic carbocycles. The molecule has 13 rings (SSSR count). The number of hydrogen-bond donors (Lipinski definition) is 0. The molecule has 2 nitrogen and oxygen atoms in total. The third-order valence-corrected chi connectivity index (χ3v) is 13.3. The van der Waals surface area contributed by atoms with Gasteiger partial charge in [0.15, 0.2) is 5.82 Å². The largest absolute Gasteiger partial charge is 0.228 e. The van der Waals surface area contributed by atoms with Gasteiger partial charge in [-0.15, -0.1) is 0 Å². The third-order valence-electron chi connectivity index (χ3n) is 13.3. The van der Waals surface area contributed by atoms with Crippen molar-refractivity contribution in [2.45, 2.75) is 5.41 Å². The van der Waals surface area contributed by atoms with Crippen LogP contribution in [-0.2, 0) is 5.41 Å². The zero-order valence-electron chi connectivity index (χ0n) is 33.2. The van der Waals surface area contributed by atoms with Gasteiger partial charge < -0.3 is 0 Å². The minimum atomic E-state index is -0.381. The van der Waals surface area contributed by atoms with Gasteiger partial charge in [-0.3, -0.25) is 0 Å². The van der Waals surface area contributed by atoms with E-state index in [-0.39, 0.29) is 5.41 Å². The number of aromatic nitrogens is 2. The second kappa shape index (κ2) is 13.0. The first-order valence-electron chi connectivity index (χ1n) is 21.1. The molecule has 61 heavy (non-hydrogen) atoms. The molecule has 2 heteroatoms. The second-order valence-corrected chi connectivity index (χ2v) is 16.4. The van der Waals surface area contributed by atoms with Gasteiger partial charge in [0.05, 0.1) is 16.8 Å². The van der Waals surface area contributed by atoms with Crippen LogP contribution < -0.4 is 0 Å². The molecule has 1 aromatic heterocycles. The van der Waals surface area contributed by atoms with Crippen molar-refractivity contribution in [3.63, 3.8) is 0 Å². The van der Waals surface area contributed by atoms with Gasteiger partial charge in [0.2, 0.25) is 0 Å². The molecule has 1 heterocycles. The molecular weight excluding hydrogens is 737 g/mol. The smallest absolute Gasteiger partial charge is 0.160 e. The highest BCUT2D eigenvalue weighted by Gasteiger charge is 2.51. The van der Waals surface area contributed by atoms with E-state index in [1.807, 2.05) is 6.07 Å². The SMILES string of the molecule is c1ccc(-c2nc(-c3ccc(-c4c5ccccc5cc5c4ccc4ccccc45)cc3)cc(-c3ccc4c(c3)-c3ccccc3C43c4ccccc4-c4ccccc43)n2)cc1. The molecule has 0 radical (unpaired) electrons. The molecule has 282 valence electrons. The number of fused-ring (bicyclic) bond motifs is 14. The normalized spacial score (nSPS) is 13.0. The van der Waals surface area contributed by atoms with Crippen LogP contribution in [0.25, 0.3) is 99.6 Å². The maximum Gasteiger partial charge on any atom is 0.160 e. The highest BCUT2D eigenvalue weighted by Crippen LogP contribution is 2.63. The fourth-order valence-electron chi connectivity index (χ4n) is 10.7. The van der Waals surface area contributed by atoms with Crippen LogP contribution in [0.2, 0.25) is 0 Å². The molecule has 2 aliphatic carbocycles. The predicted molar refractivity (Wildman–Crippen MR) is 253 cm³/mol. The fraction of sp³-hybridized carbons (Fsp3) is 0.0169. The monoisotopic (exact) mass is 772 g/mol. The van der Waals surface area contributed by atoms with E-state index >= 15 is 0 Å². The van der Waals surface area contributed by atoms with Gasteiger partial charge in [-0.05, 0) is 106 Å². The lowest BCUT2D eigenvalue weighted by Gasteiger charge is -2.30. The van der Waals surface area contributed by atoms with Crippen molar-refractivity contribution >= 4 is 32.3 Å². The summed E-state index contributed by atoms with van der Waals surface area (Å²) in [5.41, 5.74) is 17.4. The van der Waals surface area contributed by atoms with E-state index in [2.05, 4.69) is 212 Å². The first-order valence-corrected chi connectivity index (χ1v) is 21.1. The van der Waals surface area contributed by atoms with Crippen LogP contribution >= 0.6 is 0 Å². The highest BCUT2D eigenvalue weighted by molar-refractivity contribution is 6.20. The molecule has 0 atom stereocenters. The van der Waals surface area contributed by atoms with Crippen LogP contribution in [0.4, 0.5) is 0 Å². The van der Waals surface area contributed by atoms with Crippen molar-refractivity contribution < 1.29 is 0 Å². The highest BCUT2D eigenvalue weighted by atomic mass is 14.9. The topological polar surface area (TPSA) is 25.8 Å². The Balaban J connectivity index is 0.973. The summed E-state index contributed by atoms with van der Waals surface area (Å²) >= 11 is 0. The van der Waals surface area contributed by atoms with E-state index in [4.69, 9.17) is 9.97 Å². The van der Waals surface area contributed by atoms with Gasteiger partial charge in [-0.1, -0.05) is 200 Å². The van der Waals surface area contributed by atoms with E-state index in [1.54, 1.807) is 0 Å². The first kappa shape index (κ1) is 34.0. The van der Waals surface area contributed by atoms with E-state index < -0.39 is 0 Å². The van der Waals surface area contributed by atoms with Crippen molar-refractivity contribution in [2.75, 3.05) is 0 Å². The maximum atomic E-state index is 5.29. The van der Waals surface area contributed by atoms with E-state index in [9.17, 15) is 0 Å². The van der Waals surface area contributed by atoms with Crippen LogP contribution in [0.1, 0.15) is 22.3 Å². The predicted octanol–water partition coefficient (Wildman–Crippen LogP) is 14.9. The lowest BCUT2D eigenvalue weighted by molar-refractivity contribution is 0.794. The Morgan fingerprint density at radius 2 is 0.803 bits per heavy atom. The molecule has 0 N–H and O–H groups in total. The summed E-state index contributed by atoms with van der Waals surface area (Å²) in [6, 6.07) is 79.7. The molecule has 0 bridgehead atoms. The molecular formula is C59H36N2. The van der Waals surface area contributed by atoms with Gasteiger partial charge in [-0.25, -0.2) is 9.97 Å². The van der Waals surface area contributed by atoms with Crippen LogP contribution in [-0.4, -0.2) is 9.97 Å². The summed E-state index contributed by atoms with van der Waals surface area (Å²) in [7, 11) is 0. The van der Waals surface area contributed by atoms with Gasteiger partial charge in [0, 0.05) is 16.7 Å². The average molecular weight is 773 g/mol. The Labute approximate surface area is 354 Å². The van der Waals surface area contributed by atoms with Crippen LogP contribution in [0.5, 0.6) is 0 Å². The summed E-state index contributed by atoms with van der Waals surface area (Å²) in [4.78, 5) is 10.5. The van der Waals surface area contributed by atoms with E-state index in [1.165, 1.54) is 88.0 Å². The Kier molecular flexibility index (Phi) is 7.26. The van der Waals surface area contributed by atoms with Crippen LogP contribution in [0.15, 0.2) is 218 Å². The van der Waals surface area contributed by atoms with Crippen molar-refractivity contribution in [3.05, 3.63) is 241 Å². The molecule has 0 saturated heterocycles. The number of hydrogen-bond acceptors (Lipinski definition) is 2. The standard InChI is InChI=1S/C59H36N2/c1-2-15-40(16-3-1)58-60-55(38-26-28-39(29-27-38)57-44-19-7-5-17-41(44)34-49-43-18-6-4-14-37(43)30-32-48(49)57)36-56(61-58)42-31-33-54-50(35-42)47-22-10-13-25-53(47)59(54)51-23-11-8-20-45(51)46-21-9-12-24-52(46)59/h1-36H. The molecule has 1 spiro atoms. The quantitative estimate of drug-likeness (QED) is 0.132. The molecule has 2 aliphatic rings. The average Bonchev–Trinajstić information content (AvgIpc) is 3.80. The molecule has 0 unspecified atom stereocenters. The first-order chi connectivity index (χ1) is 30.2. The minimum Gasteiger partial charge on any atom is -0.228 e. The van der Waals surface area contributed by atoms with Crippen molar-refractivity contribution in [3.8, 4) is 67.3 Å². The zero-order chi connectivity index (χ0) is 40.1. The summed E-state index contributed by atoms with van der Waals surface area (Å²) in [6.07, 6.45) is 0. The Bertz CT molecular complexity index is 3540. The molecule has 0 amide bonds. The lowest BCUT2D eigenvalue weighted by atomic mass is 9.70. The van der Waals surface area contributed by atoms with Crippen LogP contribution in [0.3, 0.4) is 0 Å². The second-order valence-electron chi connectivity index (χ2n) is 16.4. The molecule has 11 aromatic rings. The Morgan fingerprint density at radius 3 is 1.51 bits per heavy atom. The Morgan fingerprint density at radius 1 is 0.279 bits per heavy atom. The van der Waals surface area contributed by atoms with Crippen molar-refractivity contribution in [1.29, 1.82) is 0 Å². The zero-order valence-corrected chi connectivity index (χ0v) is 33.2. The minimum absolute atomic E-state index is 0.381. The molecule has 0 fully saturated rings.